The Hall–Kier alpha value is -0.610. The minimum atomic E-state index is 0.00870. The molecule has 0 aromatic rings. The zero-order valence-electron chi connectivity index (χ0n) is 9.16. The molecule has 0 bridgehead atoms. The standard InChI is InChI=1S/C10H21NO3/c1-3-8-14-9-10(13)11(4-2)6-5-7-12/h12H,3-9H2,1-2H3. The third-order valence-electron chi connectivity index (χ3n) is 1.89. The van der Waals surface area contributed by atoms with Crippen LogP contribution in [0.5, 0.6) is 0 Å². The van der Waals surface area contributed by atoms with E-state index >= 15 is 0 Å². The van der Waals surface area contributed by atoms with Crippen LogP contribution in [0.1, 0.15) is 26.7 Å². The van der Waals surface area contributed by atoms with Crippen molar-refractivity contribution >= 4 is 5.91 Å². The van der Waals surface area contributed by atoms with Crippen molar-refractivity contribution in [3.8, 4) is 0 Å². The predicted octanol–water partition coefficient (Wildman–Crippen LogP) is 0.644. The van der Waals surface area contributed by atoms with Crippen LogP contribution in [0.4, 0.5) is 0 Å². The van der Waals surface area contributed by atoms with Crippen molar-refractivity contribution in [2.75, 3.05) is 32.9 Å². The summed E-state index contributed by atoms with van der Waals surface area (Å²) in [6, 6.07) is 0. The van der Waals surface area contributed by atoms with E-state index < -0.39 is 0 Å². The number of carbonyl (C=O) groups excluding carboxylic acids is 1. The summed E-state index contributed by atoms with van der Waals surface area (Å²) in [5, 5.41) is 8.64. The Morgan fingerprint density at radius 1 is 1.43 bits per heavy atom. The molecule has 0 unspecified atom stereocenters. The van der Waals surface area contributed by atoms with Gasteiger partial charge in [-0.2, -0.15) is 0 Å². The van der Waals surface area contributed by atoms with E-state index in [0.29, 0.717) is 26.1 Å². The van der Waals surface area contributed by atoms with Gasteiger partial charge in [0.05, 0.1) is 0 Å². The molecule has 0 aromatic heterocycles. The van der Waals surface area contributed by atoms with E-state index in [2.05, 4.69) is 0 Å². The fourth-order valence-electron chi connectivity index (χ4n) is 1.12. The van der Waals surface area contributed by atoms with Crippen molar-refractivity contribution in [3.05, 3.63) is 0 Å². The van der Waals surface area contributed by atoms with Crippen LogP contribution >= 0.6 is 0 Å². The summed E-state index contributed by atoms with van der Waals surface area (Å²) in [5.41, 5.74) is 0. The van der Waals surface area contributed by atoms with E-state index in [0.717, 1.165) is 6.42 Å². The molecule has 0 aliphatic rings. The number of likely N-dealkylation sites (N-methyl/N-ethyl adjacent to an activating group) is 1. The lowest BCUT2D eigenvalue weighted by Gasteiger charge is -2.20. The number of aliphatic hydroxyl groups is 1. The molecule has 1 amide bonds. The van der Waals surface area contributed by atoms with Crippen molar-refractivity contribution in [1.82, 2.24) is 4.90 Å². The van der Waals surface area contributed by atoms with Crippen LogP contribution in [-0.4, -0.2) is 48.8 Å². The van der Waals surface area contributed by atoms with Crippen LogP contribution in [0.2, 0.25) is 0 Å². The molecule has 0 aliphatic heterocycles. The number of rotatable bonds is 8. The van der Waals surface area contributed by atoms with Gasteiger partial charge in [0.2, 0.25) is 5.91 Å². The minimum Gasteiger partial charge on any atom is -0.396 e. The molecule has 0 saturated carbocycles. The molecule has 14 heavy (non-hydrogen) atoms. The molecule has 4 heteroatoms. The molecular formula is C10H21NO3. The SMILES string of the molecule is CCCOCC(=O)N(CC)CCCO. The molecule has 0 saturated heterocycles. The van der Waals surface area contributed by atoms with Crippen LogP contribution in [0.25, 0.3) is 0 Å². The number of hydrogen-bond acceptors (Lipinski definition) is 3. The van der Waals surface area contributed by atoms with Crippen LogP contribution in [0.15, 0.2) is 0 Å². The maximum absolute atomic E-state index is 11.5. The van der Waals surface area contributed by atoms with Crippen molar-refractivity contribution in [2.45, 2.75) is 26.7 Å². The molecule has 0 rings (SSSR count). The topological polar surface area (TPSA) is 49.8 Å². The summed E-state index contributed by atoms with van der Waals surface area (Å²) < 4.78 is 5.15. The number of carbonyl (C=O) groups is 1. The van der Waals surface area contributed by atoms with Gasteiger partial charge in [-0.1, -0.05) is 6.92 Å². The predicted molar refractivity (Wildman–Crippen MR) is 55.1 cm³/mol. The van der Waals surface area contributed by atoms with E-state index in [-0.39, 0.29) is 19.1 Å². The highest BCUT2D eigenvalue weighted by molar-refractivity contribution is 5.77. The van der Waals surface area contributed by atoms with E-state index in [4.69, 9.17) is 9.84 Å². The molecule has 0 aromatic carbocycles. The molecule has 0 fully saturated rings. The second-order valence-corrected chi connectivity index (χ2v) is 3.10. The van der Waals surface area contributed by atoms with Crippen molar-refractivity contribution < 1.29 is 14.6 Å². The lowest BCUT2D eigenvalue weighted by atomic mass is 10.4. The summed E-state index contributed by atoms with van der Waals surface area (Å²) >= 11 is 0. The second kappa shape index (κ2) is 8.97. The van der Waals surface area contributed by atoms with E-state index in [1.165, 1.54) is 0 Å². The molecule has 0 atom stereocenters. The molecular weight excluding hydrogens is 182 g/mol. The van der Waals surface area contributed by atoms with Gasteiger partial charge in [0.25, 0.3) is 0 Å². The van der Waals surface area contributed by atoms with E-state index in [1.807, 2.05) is 13.8 Å². The molecule has 0 heterocycles. The Labute approximate surface area is 85.9 Å². The maximum Gasteiger partial charge on any atom is 0.248 e. The molecule has 84 valence electrons. The maximum atomic E-state index is 11.5. The summed E-state index contributed by atoms with van der Waals surface area (Å²) in [6.45, 7) is 6.13. The fraction of sp³-hybridized carbons (Fsp3) is 0.900. The van der Waals surface area contributed by atoms with Gasteiger partial charge >= 0.3 is 0 Å². The zero-order valence-corrected chi connectivity index (χ0v) is 9.16. The van der Waals surface area contributed by atoms with E-state index in [1.54, 1.807) is 4.90 Å². The normalized spacial score (nSPS) is 10.2. The average molecular weight is 203 g/mol. The molecule has 0 aliphatic carbocycles. The molecule has 0 spiro atoms. The zero-order chi connectivity index (χ0) is 10.8. The summed E-state index contributed by atoms with van der Waals surface area (Å²) in [4.78, 5) is 13.2. The van der Waals surface area contributed by atoms with E-state index in [9.17, 15) is 4.79 Å². The van der Waals surface area contributed by atoms with Gasteiger partial charge in [-0.3, -0.25) is 4.79 Å². The van der Waals surface area contributed by atoms with Gasteiger partial charge in [0, 0.05) is 26.3 Å². The lowest BCUT2D eigenvalue weighted by Crippen LogP contribution is -2.35. The quantitative estimate of drug-likeness (QED) is 0.589. The van der Waals surface area contributed by atoms with Gasteiger partial charge in [0.15, 0.2) is 0 Å². The molecule has 0 radical (unpaired) electrons. The van der Waals surface area contributed by atoms with Gasteiger partial charge < -0.3 is 14.7 Å². The van der Waals surface area contributed by atoms with Crippen LogP contribution in [0.3, 0.4) is 0 Å². The molecule has 1 N–H and O–H groups in total. The minimum absolute atomic E-state index is 0.00870. The first kappa shape index (κ1) is 13.4. The first-order chi connectivity index (χ1) is 6.76. The number of aliphatic hydroxyl groups excluding tert-OH is 1. The monoisotopic (exact) mass is 203 g/mol. The summed E-state index contributed by atoms with van der Waals surface area (Å²) in [5.74, 6) is 0.00870. The first-order valence-corrected chi connectivity index (χ1v) is 5.22. The Morgan fingerprint density at radius 2 is 2.14 bits per heavy atom. The Bertz CT molecular complexity index is 150. The van der Waals surface area contributed by atoms with Gasteiger partial charge in [-0.25, -0.2) is 0 Å². The van der Waals surface area contributed by atoms with Crippen molar-refractivity contribution in [2.24, 2.45) is 0 Å². The fourth-order valence-corrected chi connectivity index (χ4v) is 1.12. The first-order valence-electron chi connectivity index (χ1n) is 5.22. The number of hydrogen-bond donors (Lipinski definition) is 1. The third-order valence-corrected chi connectivity index (χ3v) is 1.89. The van der Waals surface area contributed by atoms with Gasteiger partial charge in [-0.05, 0) is 19.8 Å². The van der Waals surface area contributed by atoms with Crippen molar-refractivity contribution in [3.63, 3.8) is 0 Å². The Balaban J connectivity index is 3.67. The third kappa shape index (κ3) is 5.94. The average Bonchev–Trinajstić information content (AvgIpc) is 2.19. The Kier molecular flexibility index (Phi) is 8.57. The van der Waals surface area contributed by atoms with Crippen LogP contribution in [-0.2, 0) is 9.53 Å². The largest absolute Gasteiger partial charge is 0.396 e. The highest BCUT2D eigenvalue weighted by Gasteiger charge is 2.10. The lowest BCUT2D eigenvalue weighted by molar-refractivity contribution is -0.136. The summed E-state index contributed by atoms with van der Waals surface area (Å²) in [7, 11) is 0. The highest BCUT2D eigenvalue weighted by atomic mass is 16.5. The van der Waals surface area contributed by atoms with Crippen LogP contribution in [0, 0.1) is 0 Å². The van der Waals surface area contributed by atoms with Crippen LogP contribution < -0.4 is 0 Å². The summed E-state index contributed by atoms with van der Waals surface area (Å²) in [6.07, 6.45) is 1.56. The number of nitrogens with zero attached hydrogens (tertiary/aromatic N) is 1. The second-order valence-electron chi connectivity index (χ2n) is 3.10. The highest BCUT2D eigenvalue weighted by Crippen LogP contribution is 1.93. The number of ether oxygens (including phenoxy) is 1. The smallest absolute Gasteiger partial charge is 0.248 e. The van der Waals surface area contributed by atoms with Gasteiger partial charge in [-0.15, -0.1) is 0 Å². The van der Waals surface area contributed by atoms with Gasteiger partial charge in [0.1, 0.15) is 6.61 Å². The number of amides is 1. The Morgan fingerprint density at radius 3 is 2.64 bits per heavy atom. The molecule has 4 nitrogen and oxygen atoms in total. The van der Waals surface area contributed by atoms with Crippen molar-refractivity contribution in [1.29, 1.82) is 0 Å².